The maximum absolute atomic E-state index is 10.9. The van der Waals surface area contributed by atoms with Gasteiger partial charge in [-0.2, -0.15) is 0 Å². The maximum atomic E-state index is 10.9. The Hall–Kier alpha value is -2.29. The lowest BCUT2D eigenvalue weighted by molar-refractivity contribution is -0.131. The first-order valence-electron chi connectivity index (χ1n) is 9.94. The molecule has 0 fully saturated rings. The van der Waals surface area contributed by atoms with Crippen LogP contribution in [0.15, 0.2) is 18.2 Å². The standard InChI is InChI=1S/C21H32O8/c1-4-7-17(24)27-15-12-10-14(11-13-16(22)23)20(28-18(25)8-5-2)21(15)29-19(26)9-6-3/h10-13,17-19,24-26H,4-9H2,1-3H3,(H,22,23). The highest BCUT2D eigenvalue weighted by Crippen LogP contribution is 2.43. The molecule has 1 aromatic rings. The SMILES string of the molecule is CCCC(O)Oc1ccc(C=CC(=O)O)c(OC(O)CCC)c1OC(O)CCC. The van der Waals surface area contributed by atoms with Crippen molar-refractivity contribution in [3.8, 4) is 17.2 Å². The average molecular weight is 412 g/mol. The Kier molecular flexibility index (Phi) is 11.1. The highest BCUT2D eigenvalue weighted by Gasteiger charge is 2.23. The first kappa shape index (κ1) is 24.7. The number of ether oxygens (including phenoxy) is 3. The maximum Gasteiger partial charge on any atom is 0.328 e. The molecule has 8 nitrogen and oxygen atoms in total. The second-order valence-electron chi connectivity index (χ2n) is 6.57. The Bertz CT molecular complexity index is 658. The number of hydrogen-bond acceptors (Lipinski definition) is 7. The molecule has 3 atom stereocenters. The van der Waals surface area contributed by atoms with Gasteiger partial charge in [-0.05, 0) is 18.2 Å². The van der Waals surface area contributed by atoms with E-state index in [0.717, 1.165) is 6.08 Å². The molecule has 29 heavy (non-hydrogen) atoms. The molecule has 0 aliphatic heterocycles. The number of aliphatic hydroxyl groups is 3. The summed E-state index contributed by atoms with van der Waals surface area (Å²) in [7, 11) is 0. The third-order valence-corrected chi connectivity index (χ3v) is 3.89. The van der Waals surface area contributed by atoms with Crippen LogP contribution in [0.5, 0.6) is 17.2 Å². The minimum absolute atomic E-state index is 0.0104. The van der Waals surface area contributed by atoms with Gasteiger partial charge in [0, 0.05) is 30.9 Å². The van der Waals surface area contributed by atoms with Gasteiger partial charge in [-0.25, -0.2) is 4.79 Å². The van der Waals surface area contributed by atoms with Crippen LogP contribution >= 0.6 is 0 Å². The summed E-state index contributed by atoms with van der Waals surface area (Å²) >= 11 is 0. The van der Waals surface area contributed by atoms with Crippen LogP contribution in [0.25, 0.3) is 6.08 Å². The van der Waals surface area contributed by atoms with Gasteiger partial charge in [-0.1, -0.05) is 40.0 Å². The van der Waals surface area contributed by atoms with E-state index in [9.17, 15) is 20.1 Å². The lowest BCUT2D eigenvalue weighted by Gasteiger charge is -2.24. The van der Waals surface area contributed by atoms with Gasteiger partial charge >= 0.3 is 5.97 Å². The number of carbonyl (C=O) groups is 1. The second kappa shape index (κ2) is 13.0. The van der Waals surface area contributed by atoms with E-state index in [0.29, 0.717) is 44.1 Å². The zero-order chi connectivity index (χ0) is 21.8. The normalized spacial score (nSPS) is 14.4. The molecule has 1 rings (SSSR count). The lowest BCUT2D eigenvalue weighted by Crippen LogP contribution is -2.21. The highest BCUT2D eigenvalue weighted by atomic mass is 16.7. The summed E-state index contributed by atoms with van der Waals surface area (Å²) in [5, 5.41) is 39.3. The Morgan fingerprint density at radius 3 is 1.83 bits per heavy atom. The molecule has 0 spiro atoms. The van der Waals surface area contributed by atoms with E-state index < -0.39 is 24.8 Å². The van der Waals surface area contributed by atoms with Crippen molar-refractivity contribution >= 4 is 12.0 Å². The highest BCUT2D eigenvalue weighted by molar-refractivity contribution is 5.86. The summed E-state index contributed by atoms with van der Waals surface area (Å²) in [6.45, 7) is 5.65. The fraction of sp³-hybridized carbons (Fsp3) is 0.571. The van der Waals surface area contributed by atoms with Crippen LogP contribution in [-0.2, 0) is 4.79 Å². The molecule has 164 valence electrons. The van der Waals surface area contributed by atoms with Crippen LogP contribution in [0.1, 0.15) is 64.9 Å². The largest absolute Gasteiger partial charge is 0.478 e. The molecule has 0 saturated heterocycles. The lowest BCUT2D eigenvalue weighted by atomic mass is 10.1. The van der Waals surface area contributed by atoms with Gasteiger partial charge in [-0.15, -0.1) is 0 Å². The van der Waals surface area contributed by atoms with E-state index in [2.05, 4.69) is 0 Å². The van der Waals surface area contributed by atoms with Crippen LogP contribution in [0.2, 0.25) is 0 Å². The van der Waals surface area contributed by atoms with Crippen molar-refractivity contribution in [1.82, 2.24) is 0 Å². The van der Waals surface area contributed by atoms with E-state index >= 15 is 0 Å². The van der Waals surface area contributed by atoms with Crippen molar-refractivity contribution in [1.29, 1.82) is 0 Å². The summed E-state index contributed by atoms with van der Waals surface area (Å²) in [5.74, 6) is -1.02. The predicted octanol–water partition coefficient (Wildman–Crippen LogP) is 3.28. The number of aliphatic carboxylic acids is 1. The summed E-state index contributed by atoms with van der Waals surface area (Å²) in [4.78, 5) is 10.9. The van der Waals surface area contributed by atoms with Crippen molar-refractivity contribution in [2.45, 2.75) is 78.2 Å². The molecule has 1 aromatic carbocycles. The zero-order valence-corrected chi connectivity index (χ0v) is 17.2. The van der Waals surface area contributed by atoms with E-state index in [1.807, 2.05) is 20.8 Å². The Morgan fingerprint density at radius 2 is 1.34 bits per heavy atom. The van der Waals surface area contributed by atoms with Crippen LogP contribution in [0.4, 0.5) is 0 Å². The van der Waals surface area contributed by atoms with E-state index in [-0.39, 0.29) is 17.2 Å². The predicted molar refractivity (Wildman–Crippen MR) is 108 cm³/mol. The summed E-state index contributed by atoms with van der Waals surface area (Å²) in [6.07, 6.45) is 1.83. The van der Waals surface area contributed by atoms with Crippen LogP contribution in [0, 0.1) is 0 Å². The summed E-state index contributed by atoms with van der Waals surface area (Å²) in [6, 6.07) is 3.02. The van der Waals surface area contributed by atoms with E-state index in [1.54, 1.807) is 0 Å². The first-order chi connectivity index (χ1) is 13.8. The van der Waals surface area contributed by atoms with Gasteiger partial charge in [0.1, 0.15) is 0 Å². The number of carboxylic acids is 1. The van der Waals surface area contributed by atoms with Crippen LogP contribution in [0.3, 0.4) is 0 Å². The molecule has 0 aliphatic carbocycles. The van der Waals surface area contributed by atoms with Gasteiger partial charge in [0.2, 0.25) is 5.75 Å². The van der Waals surface area contributed by atoms with Gasteiger partial charge in [-0.3, -0.25) is 0 Å². The molecule has 0 amide bonds. The molecule has 3 unspecified atom stereocenters. The zero-order valence-electron chi connectivity index (χ0n) is 17.2. The van der Waals surface area contributed by atoms with Crippen molar-refractivity contribution < 1.29 is 39.4 Å². The van der Waals surface area contributed by atoms with Gasteiger partial charge in [0.15, 0.2) is 30.4 Å². The van der Waals surface area contributed by atoms with Crippen LogP contribution < -0.4 is 14.2 Å². The average Bonchev–Trinajstić information content (AvgIpc) is 2.64. The number of aliphatic hydroxyl groups excluding tert-OH is 3. The number of rotatable bonds is 14. The number of benzene rings is 1. The molecule has 4 N–H and O–H groups in total. The topological polar surface area (TPSA) is 126 Å². The second-order valence-corrected chi connectivity index (χ2v) is 6.57. The van der Waals surface area contributed by atoms with Gasteiger partial charge < -0.3 is 34.6 Å². The molecule has 8 heteroatoms. The Labute approximate surface area is 171 Å². The number of carboxylic acid groups (broad SMARTS) is 1. The fourth-order valence-electron chi connectivity index (χ4n) is 2.51. The summed E-state index contributed by atoms with van der Waals surface area (Å²) in [5.41, 5.74) is 0.318. The van der Waals surface area contributed by atoms with Crippen molar-refractivity contribution in [3.63, 3.8) is 0 Å². The molecule has 0 saturated carbocycles. The Balaban J connectivity index is 3.45. The van der Waals surface area contributed by atoms with Crippen LogP contribution in [-0.4, -0.2) is 45.3 Å². The minimum atomic E-state index is -1.17. The van der Waals surface area contributed by atoms with Gasteiger partial charge in [0.05, 0.1) is 0 Å². The monoisotopic (exact) mass is 412 g/mol. The fourth-order valence-corrected chi connectivity index (χ4v) is 2.51. The molecule has 0 radical (unpaired) electrons. The quantitative estimate of drug-likeness (QED) is 0.271. The summed E-state index contributed by atoms with van der Waals surface area (Å²) < 4.78 is 16.8. The van der Waals surface area contributed by atoms with E-state index in [4.69, 9.17) is 19.3 Å². The molecule has 0 heterocycles. The first-order valence-corrected chi connectivity index (χ1v) is 9.94. The minimum Gasteiger partial charge on any atom is -0.478 e. The third kappa shape index (κ3) is 8.72. The molecule has 0 aliphatic rings. The number of hydrogen-bond donors (Lipinski definition) is 4. The third-order valence-electron chi connectivity index (χ3n) is 3.89. The Morgan fingerprint density at radius 1 is 0.862 bits per heavy atom. The molecule has 0 bridgehead atoms. The molecule has 0 aromatic heterocycles. The molecular weight excluding hydrogens is 380 g/mol. The van der Waals surface area contributed by atoms with Crippen molar-refractivity contribution in [2.75, 3.05) is 0 Å². The van der Waals surface area contributed by atoms with Crippen molar-refractivity contribution in [2.24, 2.45) is 0 Å². The van der Waals surface area contributed by atoms with Gasteiger partial charge in [0.25, 0.3) is 0 Å². The van der Waals surface area contributed by atoms with E-state index in [1.165, 1.54) is 18.2 Å². The van der Waals surface area contributed by atoms with Crippen molar-refractivity contribution in [3.05, 3.63) is 23.8 Å². The molecular formula is C21H32O8. The smallest absolute Gasteiger partial charge is 0.328 e.